The Balaban J connectivity index is 2.27. The lowest BCUT2D eigenvalue weighted by molar-refractivity contribution is -0.118. The molecule has 0 aliphatic carbocycles. The van der Waals surface area contributed by atoms with Gasteiger partial charge in [0.2, 0.25) is 5.91 Å². The van der Waals surface area contributed by atoms with Gasteiger partial charge in [0.15, 0.2) is 0 Å². The highest BCUT2D eigenvalue weighted by atomic mass is 16.1. The number of nitrogens with one attached hydrogen (secondary N) is 1. The van der Waals surface area contributed by atoms with Crippen LogP contribution in [0.2, 0.25) is 0 Å². The molecule has 0 bridgehead atoms. The van der Waals surface area contributed by atoms with E-state index < -0.39 is 0 Å². The van der Waals surface area contributed by atoms with Crippen molar-refractivity contribution in [1.82, 2.24) is 0 Å². The van der Waals surface area contributed by atoms with Gasteiger partial charge in [0.05, 0.1) is 0 Å². The number of carbonyl (C=O) groups is 1. The van der Waals surface area contributed by atoms with E-state index in [1.807, 2.05) is 43.3 Å². The number of fused-ring (bicyclic) bond motifs is 1. The van der Waals surface area contributed by atoms with Crippen molar-refractivity contribution in [3.63, 3.8) is 0 Å². The van der Waals surface area contributed by atoms with Crippen LogP contribution < -0.4 is 11.1 Å². The van der Waals surface area contributed by atoms with Gasteiger partial charge in [0.1, 0.15) is 6.04 Å². The van der Waals surface area contributed by atoms with Gasteiger partial charge in [-0.25, -0.2) is 0 Å². The lowest BCUT2D eigenvalue weighted by atomic mass is 10.1. The molecule has 88 valence electrons. The monoisotopic (exact) mass is 228 g/mol. The van der Waals surface area contributed by atoms with Gasteiger partial charge < -0.3 is 11.1 Å². The molecular weight excluding hydrogens is 212 g/mol. The summed E-state index contributed by atoms with van der Waals surface area (Å²) in [4.78, 5) is 11.2. The zero-order chi connectivity index (χ0) is 12.3. The number of primary amides is 1. The normalized spacial score (nSPS) is 12.3. The third kappa shape index (κ3) is 2.56. The molecule has 0 saturated carbocycles. The molecule has 3 heteroatoms. The summed E-state index contributed by atoms with van der Waals surface area (Å²) >= 11 is 0. The molecule has 0 fully saturated rings. The Morgan fingerprint density at radius 2 is 1.94 bits per heavy atom. The fourth-order valence-corrected chi connectivity index (χ4v) is 1.85. The molecule has 2 aromatic carbocycles. The third-order valence-corrected chi connectivity index (χ3v) is 2.84. The van der Waals surface area contributed by atoms with Crippen LogP contribution in [0.1, 0.15) is 13.3 Å². The minimum Gasteiger partial charge on any atom is -0.374 e. The topological polar surface area (TPSA) is 55.1 Å². The number of amides is 1. The number of benzene rings is 2. The smallest absolute Gasteiger partial charge is 0.239 e. The van der Waals surface area contributed by atoms with Gasteiger partial charge in [-0.1, -0.05) is 37.3 Å². The highest BCUT2D eigenvalue weighted by Crippen LogP contribution is 2.19. The van der Waals surface area contributed by atoms with Crippen LogP contribution in [0, 0.1) is 0 Å². The summed E-state index contributed by atoms with van der Waals surface area (Å²) in [6, 6.07) is 13.8. The van der Waals surface area contributed by atoms with Gasteiger partial charge in [-0.15, -0.1) is 0 Å². The summed E-state index contributed by atoms with van der Waals surface area (Å²) < 4.78 is 0. The summed E-state index contributed by atoms with van der Waals surface area (Å²) in [6.45, 7) is 1.93. The molecule has 0 radical (unpaired) electrons. The van der Waals surface area contributed by atoms with Crippen LogP contribution in [-0.4, -0.2) is 11.9 Å². The third-order valence-electron chi connectivity index (χ3n) is 2.84. The van der Waals surface area contributed by atoms with Crippen molar-refractivity contribution in [1.29, 1.82) is 0 Å². The number of carbonyl (C=O) groups excluding carboxylic acids is 1. The first-order valence-electron chi connectivity index (χ1n) is 5.75. The summed E-state index contributed by atoms with van der Waals surface area (Å²) in [5.74, 6) is -0.319. The lowest BCUT2D eigenvalue weighted by Gasteiger charge is -2.15. The average Bonchev–Trinajstić information content (AvgIpc) is 2.35. The molecule has 1 amide bonds. The second kappa shape index (κ2) is 4.87. The first-order valence-corrected chi connectivity index (χ1v) is 5.75. The van der Waals surface area contributed by atoms with Gasteiger partial charge in [0, 0.05) is 5.69 Å². The summed E-state index contributed by atoms with van der Waals surface area (Å²) in [5.41, 5.74) is 6.23. The summed E-state index contributed by atoms with van der Waals surface area (Å²) in [7, 11) is 0. The first-order chi connectivity index (χ1) is 8.20. The van der Waals surface area contributed by atoms with Crippen molar-refractivity contribution >= 4 is 22.4 Å². The van der Waals surface area contributed by atoms with E-state index >= 15 is 0 Å². The van der Waals surface area contributed by atoms with Crippen LogP contribution in [0.25, 0.3) is 10.8 Å². The van der Waals surface area contributed by atoms with E-state index in [1.54, 1.807) is 0 Å². The highest BCUT2D eigenvalue weighted by molar-refractivity contribution is 5.87. The largest absolute Gasteiger partial charge is 0.374 e. The van der Waals surface area contributed by atoms with Crippen molar-refractivity contribution < 1.29 is 4.79 Å². The van der Waals surface area contributed by atoms with Gasteiger partial charge in [-0.2, -0.15) is 0 Å². The number of anilines is 1. The van der Waals surface area contributed by atoms with Gasteiger partial charge in [-0.05, 0) is 29.3 Å². The maximum Gasteiger partial charge on any atom is 0.239 e. The molecular formula is C14H16N2O. The molecule has 1 unspecified atom stereocenters. The van der Waals surface area contributed by atoms with Crippen molar-refractivity contribution in [2.75, 3.05) is 5.32 Å². The number of nitrogens with two attached hydrogens (primary N) is 1. The molecule has 2 rings (SSSR count). The zero-order valence-corrected chi connectivity index (χ0v) is 9.81. The molecule has 0 aliphatic heterocycles. The summed E-state index contributed by atoms with van der Waals surface area (Å²) in [5, 5.41) is 5.48. The second-order valence-corrected chi connectivity index (χ2v) is 4.07. The van der Waals surface area contributed by atoms with Gasteiger partial charge in [0.25, 0.3) is 0 Å². The van der Waals surface area contributed by atoms with Crippen LogP contribution in [0.4, 0.5) is 5.69 Å². The predicted molar refractivity (Wildman–Crippen MR) is 70.8 cm³/mol. The second-order valence-electron chi connectivity index (χ2n) is 4.07. The lowest BCUT2D eigenvalue weighted by Crippen LogP contribution is -2.34. The maximum absolute atomic E-state index is 11.2. The van der Waals surface area contributed by atoms with E-state index in [1.165, 1.54) is 5.39 Å². The number of rotatable bonds is 4. The van der Waals surface area contributed by atoms with Crippen molar-refractivity contribution in [3.8, 4) is 0 Å². The van der Waals surface area contributed by atoms with E-state index in [-0.39, 0.29) is 11.9 Å². The Morgan fingerprint density at radius 3 is 2.59 bits per heavy atom. The molecule has 3 nitrogen and oxygen atoms in total. The van der Waals surface area contributed by atoms with E-state index in [9.17, 15) is 4.79 Å². The average molecular weight is 228 g/mol. The minimum absolute atomic E-state index is 0.309. The SMILES string of the molecule is CCC(Nc1ccc2ccccc2c1)C(N)=O. The Kier molecular flexibility index (Phi) is 3.28. The summed E-state index contributed by atoms with van der Waals surface area (Å²) in [6.07, 6.45) is 0.683. The molecule has 0 spiro atoms. The van der Waals surface area contributed by atoms with Crippen LogP contribution in [-0.2, 0) is 4.79 Å². The first kappa shape index (κ1) is 11.5. The Labute approximate surface area is 101 Å². The maximum atomic E-state index is 11.2. The van der Waals surface area contributed by atoms with Crippen LogP contribution in [0.5, 0.6) is 0 Å². The van der Waals surface area contributed by atoms with Crippen molar-refractivity contribution in [2.45, 2.75) is 19.4 Å². The number of hydrogen-bond donors (Lipinski definition) is 2. The Morgan fingerprint density at radius 1 is 1.24 bits per heavy atom. The van der Waals surface area contributed by atoms with E-state index in [4.69, 9.17) is 5.73 Å². The van der Waals surface area contributed by atoms with Crippen LogP contribution in [0.15, 0.2) is 42.5 Å². The fourth-order valence-electron chi connectivity index (χ4n) is 1.85. The molecule has 0 aromatic heterocycles. The van der Waals surface area contributed by atoms with Crippen molar-refractivity contribution in [3.05, 3.63) is 42.5 Å². The van der Waals surface area contributed by atoms with E-state index in [0.717, 1.165) is 11.1 Å². The predicted octanol–water partition coefficient (Wildman–Crippen LogP) is 2.52. The molecule has 0 heterocycles. The molecule has 1 atom stereocenters. The van der Waals surface area contributed by atoms with E-state index in [2.05, 4.69) is 11.4 Å². The Bertz CT molecular complexity index is 536. The highest BCUT2D eigenvalue weighted by Gasteiger charge is 2.11. The minimum atomic E-state index is -0.319. The van der Waals surface area contributed by atoms with E-state index in [0.29, 0.717) is 6.42 Å². The quantitative estimate of drug-likeness (QED) is 0.844. The van der Waals surface area contributed by atoms with Gasteiger partial charge in [-0.3, -0.25) is 4.79 Å². The zero-order valence-electron chi connectivity index (χ0n) is 9.81. The van der Waals surface area contributed by atoms with Crippen molar-refractivity contribution in [2.24, 2.45) is 5.73 Å². The Hall–Kier alpha value is -2.03. The number of hydrogen-bond acceptors (Lipinski definition) is 2. The van der Waals surface area contributed by atoms with Crippen LogP contribution in [0.3, 0.4) is 0 Å². The molecule has 2 aromatic rings. The molecule has 3 N–H and O–H groups in total. The standard InChI is InChI=1S/C14H16N2O/c1-2-13(14(15)17)16-12-8-7-10-5-3-4-6-11(10)9-12/h3-9,13,16H,2H2,1H3,(H2,15,17). The fraction of sp³-hybridized carbons (Fsp3) is 0.214. The van der Waals surface area contributed by atoms with Crippen LogP contribution >= 0.6 is 0 Å². The van der Waals surface area contributed by atoms with Gasteiger partial charge >= 0.3 is 0 Å². The molecule has 0 aliphatic rings. The molecule has 0 saturated heterocycles. The molecule has 17 heavy (non-hydrogen) atoms.